The van der Waals surface area contributed by atoms with E-state index in [1.807, 2.05) is 25.1 Å². The van der Waals surface area contributed by atoms with E-state index in [1.165, 1.54) is 29.2 Å². The van der Waals surface area contributed by atoms with Crippen molar-refractivity contribution < 1.29 is 14.0 Å². The molecule has 2 atom stereocenters. The summed E-state index contributed by atoms with van der Waals surface area (Å²) in [5.41, 5.74) is 2.42. The topological polar surface area (TPSA) is 71.1 Å². The van der Waals surface area contributed by atoms with Gasteiger partial charge in [0.05, 0.1) is 15.5 Å². The van der Waals surface area contributed by atoms with Gasteiger partial charge in [-0.1, -0.05) is 41.7 Å². The third-order valence-corrected chi connectivity index (χ3v) is 6.85. The van der Waals surface area contributed by atoms with Gasteiger partial charge in [-0.2, -0.15) is 0 Å². The molecule has 2 unspecified atom stereocenters. The van der Waals surface area contributed by atoms with Crippen molar-refractivity contribution in [2.45, 2.75) is 24.6 Å². The molecule has 1 aromatic heterocycles. The lowest BCUT2D eigenvalue weighted by molar-refractivity contribution is -0.126. The first kappa shape index (κ1) is 18.9. The van der Waals surface area contributed by atoms with Gasteiger partial charge < -0.3 is 10.6 Å². The first-order chi connectivity index (χ1) is 13.5. The molecule has 1 aliphatic rings. The summed E-state index contributed by atoms with van der Waals surface area (Å²) in [7, 11) is 0. The molecule has 5 nitrogen and oxygen atoms in total. The minimum Gasteiger partial charge on any atom is -0.343 e. The number of thiazole rings is 1. The van der Waals surface area contributed by atoms with E-state index in [0.29, 0.717) is 22.9 Å². The van der Waals surface area contributed by atoms with Crippen LogP contribution in [0, 0.1) is 12.7 Å². The highest BCUT2D eigenvalue weighted by Gasteiger charge is 2.33. The summed E-state index contributed by atoms with van der Waals surface area (Å²) in [4.78, 5) is 29.4. The number of anilines is 1. The zero-order chi connectivity index (χ0) is 19.7. The Hall–Kier alpha value is -2.45. The highest BCUT2D eigenvalue weighted by atomic mass is 32.2. The smallest absolute Gasteiger partial charge is 0.249 e. The van der Waals surface area contributed by atoms with Crippen LogP contribution in [-0.4, -0.2) is 33.8 Å². The maximum atomic E-state index is 13.8. The molecule has 2 amide bonds. The summed E-state index contributed by atoms with van der Waals surface area (Å²) in [6.07, 6.45) is 0.300. The SMILES string of the molecule is Cc1cccc2sc(NC(=O)C3CSC(Cc4ccccc4F)C(=O)N3)nc12. The van der Waals surface area contributed by atoms with Crippen LogP contribution in [0.3, 0.4) is 0 Å². The Labute approximate surface area is 169 Å². The van der Waals surface area contributed by atoms with Crippen LogP contribution in [0.4, 0.5) is 9.52 Å². The number of nitrogens with one attached hydrogen (secondary N) is 2. The van der Waals surface area contributed by atoms with Gasteiger partial charge in [-0.3, -0.25) is 9.59 Å². The Bertz CT molecular complexity index is 1050. The molecule has 0 bridgehead atoms. The number of para-hydroxylation sites is 1. The molecule has 4 rings (SSSR count). The summed E-state index contributed by atoms with van der Waals surface area (Å²) in [5, 5.41) is 5.66. The van der Waals surface area contributed by atoms with Gasteiger partial charge in [-0.05, 0) is 36.6 Å². The van der Waals surface area contributed by atoms with E-state index in [-0.39, 0.29) is 17.6 Å². The Morgan fingerprint density at radius 1 is 1.29 bits per heavy atom. The standard InChI is InChI=1S/C20H18FN3O2S2/c1-11-5-4-8-15-17(11)23-20(28-15)24-18(25)14-10-27-16(19(26)22-14)9-12-6-2-3-7-13(12)21/h2-8,14,16H,9-10H2,1H3,(H,22,26)(H,23,24,25). The van der Waals surface area contributed by atoms with Gasteiger partial charge in [-0.15, -0.1) is 11.8 Å². The fourth-order valence-corrected chi connectivity index (χ4v) is 5.21. The minimum absolute atomic E-state index is 0.250. The minimum atomic E-state index is -0.637. The zero-order valence-electron chi connectivity index (χ0n) is 15.1. The summed E-state index contributed by atoms with van der Waals surface area (Å²) in [5.74, 6) is -0.427. The molecule has 144 valence electrons. The third-order valence-electron chi connectivity index (χ3n) is 4.60. The lowest BCUT2D eigenvalue weighted by atomic mass is 10.1. The van der Waals surface area contributed by atoms with Gasteiger partial charge in [0.2, 0.25) is 11.8 Å². The van der Waals surface area contributed by atoms with Gasteiger partial charge in [0.25, 0.3) is 0 Å². The Kier molecular flexibility index (Phi) is 5.32. The lowest BCUT2D eigenvalue weighted by Gasteiger charge is -2.27. The van der Waals surface area contributed by atoms with Crippen LogP contribution in [0.25, 0.3) is 10.2 Å². The molecule has 28 heavy (non-hydrogen) atoms. The molecule has 1 saturated heterocycles. The van der Waals surface area contributed by atoms with E-state index in [1.54, 1.807) is 18.2 Å². The Balaban J connectivity index is 1.39. The zero-order valence-corrected chi connectivity index (χ0v) is 16.7. The predicted octanol–water partition coefficient (Wildman–Crippen LogP) is 3.53. The van der Waals surface area contributed by atoms with Crippen molar-refractivity contribution in [3.8, 4) is 0 Å². The van der Waals surface area contributed by atoms with Gasteiger partial charge in [-0.25, -0.2) is 9.37 Å². The summed E-state index contributed by atoms with van der Waals surface area (Å²) >= 11 is 2.78. The highest BCUT2D eigenvalue weighted by Crippen LogP contribution is 2.29. The van der Waals surface area contributed by atoms with Crippen molar-refractivity contribution in [3.05, 3.63) is 59.4 Å². The van der Waals surface area contributed by atoms with Crippen LogP contribution in [-0.2, 0) is 16.0 Å². The average molecular weight is 416 g/mol. The van der Waals surface area contributed by atoms with Crippen molar-refractivity contribution in [1.82, 2.24) is 10.3 Å². The van der Waals surface area contributed by atoms with Gasteiger partial charge in [0.1, 0.15) is 11.9 Å². The van der Waals surface area contributed by atoms with Crippen molar-refractivity contribution in [3.63, 3.8) is 0 Å². The molecule has 0 saturated carbocycles. The molecule has 2 heterocycles. The number of halogens is 1. The van der Waals surface area contributed by atoms with Crippen molar-refractivity contribution in [2.75, 3.05) is 11.1 Å². The predicted molar refractivity (Wildman–Crippen MR) is 111 cm³/mol. The van der Waals surface area contributed by atoms with E-state index in [4.69, 9.17) is 0 Å². The van der Waals surface area contributed by atoms with Crippen LogP contribution >= 0.6 is 23.1 Å². The number of thioether (sulfide) groups is 1. The molecule has 0 aliphatic carbocycles. The van der Waals surface area contributed by atoms with E-state index in [9.17, 15) is 14.0 Å². The van der Waals surface area contributed by atoms with Crippen molar-refractivity contribution in [2.24, 2.45) is 0 Å². The molecule has 1 fully saturated rings. The number of benzene rings is 2. The lowest BCUT2D eigenvalue weighted by Crippen LogP contribution is -2.52. The first-order valence-electron chi connectivity index (χ1n) is 8.83. The third kappa shape index (κ3) is 3.88. The average Bonchev–Trinajstić information content (AvgIpc) is 3.09. The Morgan fingerprint density at radius 3 is 2.86 bits per heavy atom. The fourth-order valence-electron chi connectivity index (χ4n) is 3.08. The molecule has 2 N–H and O–H groups in total. The van der Waals surface area contributed by atoms with Crippen LogP contribution in [0.5, 0.6) is 0 Å². The quantitative estimate of drug-likeness (QED) is 0.684. The van der Waals surface area contributed by atoms with E-state index in [0.717, 1.165) is 15.8 Å². The van der Waals surface area contributed by atoms with Crippen LogP contribution in [0.15, 0.2) is 42.5 Å². The van der Waals surface area contributed by atoms with Crippen LogP contribution in [0.1, 0.15) is 11.1 Å². The first-order valence-corrected chi connectivity index (χ1v) is 10.7. The molecular formula is C20H18FN3O2S2. The maximum Gasteiger partial charge on any atom is 0.249 e. The maximum absolute atomic E-state index is 13.8. The second kappa shape index (κ2) is 7.89. The van der Waals surface area contributed by atoms with E-state index >= 15 is 0 Å². The van der Waals surface area contributed by atoms with Crippen molar-refractivity contribution >= 4 is 50.3 Å². The van der Waals surface area contributed by atoms with Gasteiger partial charge in [0.15, 0.2) is 5.13 Å². The largest absolute Gasteiger partial charge is 0.343 e. The molecule has 2 aromatic carbocycles. The monoisotopic (exact) mass is 415 g/mol. The normalized spacial score (nSPS) is 19.4. The fraction of sp³-hybridized carbons (Fsp3) is 0.250. The number of carbonyl (C=O) groups is 2. The number of aryl methyl sites for hydroxylation is 1. The number of carbonyl (C=O) groups excluding carboxylic acids is 2. The van der Waals surface area contributed by atoms with Crippen LogP contribution in [0.2, 0.25) is 0 Å². The number of hydrogen-bond acceptors (Lipinski definition) is 5. The van der Waals surface area contributed by atoms with Gasteiger partial charge in [0, 0.05) is 5.75 Å². The molecule has 1 aliphatic heterocycles. The summed E-state index contributed by atoms with van der Waals surface area (Å²) in [6.45, 7) is 1.97. The number of amides is 2. The second-order valence-electron chi connectivity index (χ2n) is 6.61. The number of fused-ring (bicyclic) bond motifs is 1. The highest BCUT2D eigenvalue weighted by molar-refractivity contribution is 8.00. The summed E-state index contributed by atoms with van der Waals surface area (Å²) < 4.78 is 14.8. The molecule has 0 spiro atoms. The Morgan fingerprint density at radius 2 is 2.11 bits per heavy atom. The number of rotatable bonds is 4. The van der Waals surface area contributed by atoms with E-state index < -0.39 is 11.3 Å². The molecule has 0 radical (unpaired) electrons. The van der Waals surface area contributed by atoms with E-state index in [2.05, 4.69) is 15.6 Å². The number of hydrogen-bond donors (Lipinski definition) is 2. The molecule has 8 heteroatoms. The molecular weight excluding hydrogens is 397 g/mol. The summed E-state index contributed by atoms with van der Waals surface area (Å²) in [6, 6.07) is 11.7. The molecule has 3 aromatic rings. The second-order valence-corrected chi connectivity index (χ2v) is 8.87. The number of aromatic nitrogens is 1. The van der Waals surface area contributed by atoms with Gasteiger partial charge >= 0.3 is 0 Å². The van der Waals surface area contributed by atoms with Crippen molar-refractivity contribution in [1.29, 1.82) is 0 Å². The number of nitrogens with zero attached hydrogens (tertiary/aromatic N) is 1. The van der Waals surface area contributed by atoms with Crippen LogP contribution < -0.4 is 10.6 Å².